The minimum atomic E-state index is -0.0411. The van der Waals surface area contributed by atoms with Gasteiger partial charge in [-0.2, -0.15) is 0 Å². The summed E-state index contributed by atoms with van der Waals surface area (Å²) in [6.45, 7) is 6.48. The van der Waals surface area contributed by atoms with E-state index < -0.39 is 0 Å². The van der Waals surface area contributed by atoms with Crippen LogP contribution in [0.2, 0.25) is 0 Å². The van der Waals surface area contributed by atoms with Crippen molar-refractivity contribution in [1.82, 2.24) is 0 Å². The fourth-order valence-corrected chi connectivity index (χ4v) is 2.67. The molecule has 0 aromatic heterocycles. The van der Waals surface area contributed by atoms with Crippen molar-refractivity contribution in [1.29, 1.82) is 0 Å². The van der Waals surface area contributed by atoms with Gasteiger partial charge in [0.1, 0.15) is 0 Å². The Bertz CT molecular complexity index is 569. The van der Waals surface area contributed by atoms with E-state index >= 15 is 0 Å². The van der Waals surface area contributed by atoms with E-state index in [4.69, 9.17) is 0 Å². The molecule has 0 heterocycles. The highest BCUT2D eigenvalue weighted by molar-refractivity contribution is 6.01. The molecule has 2 rings (SSSR count). The summed E-state index contributed by atoms with van der Waals surface area (Å²) in [7, 11) is 0. The Kier molecular flexibility index (Phi) is 5.32. The van der Waals surface area contributed by atoms with Gasteiger partial charge in [-0.25, -0.2) is 0 Å². The molecule has 0 radical (unpaired) electrons. The molecule has 2 atom stereocenters. The first kappa shape index (κ1) is 15.5. The van der Waals surface area contributed by atoms with Crippen LogP contribution in [0.25, 0.3) is 0 Å². The van der Waals surface area contributed by atoms with Gasteiger partial charge < -0.3 is 0 Å². The van der Waals surface area contributed by atoms with Crippen molar-refractivity contribution >= 4 is 5.78 Å². The largest absolute Gasteiger partial charge is 0.293 e. The Morgan fingerprint density at radius 1 is 0.857 bits per heavy atom. The molecule has 0 saturated heterocycles. The predicted octanol–water partition coefficient (Wildman–Crippen LogP) is 5.58. The Labute approximate surface area is 128 Å². The zero-order valence-electron chi connectivity index (χ0n) is 13.2. The number of ketones is 1. The van der Waals surface area contributed by atoms with Crippen LogP contribution in [-0.2, 0) is 0 Å². The highest BCUT2D eigenvalue weighted by atomic mass is 16.1. The fourth-order valence-electron chi connectivity index (χ4n) is 2.67. The van der Waals surface area contributed by atoms with Crippen molar-refractivity contribution in [3.05, 3.63) is 71.3 Å². The summed E-state index contributed by atoms with van der Waals surface area (Å²) in [5, 5.41) is 0. The van der Waals surface area contributed by atoms with Gasteiger partial charge in [-0.1, -0.05) is 75.4 Å². The molecule has 0 aliphatic rings. The van der Waals surface area contributed by atoms with E-state index in [0.29, 0.717) is 5.92 Å². The van der Waals surface area contributed by atoms with Crippen molar-refractivity contribution in [2.24, 2.45) is 0 Å². The molecule has 0 amide bonds. The van der Waals surface area contributed by atoms with E-state index in [1.54, 1.807) is 0 Å². The maximum atomic E-state index is 12.7. The van der Waals surface area contributed by atoms with Crippen molar-refractivity contribution in [2.45, 2.75) is 45.4 Å². The summed E-state index contributed by atoms with van der Waals surface area (Å²) < 4.78 is 0. The minimum Gasteiger partial charge on any atom is -0.293 e. The van der Waals surface area contributed by atoms with E-state index in [-0.39, 0.29) is 11.7 Å². The lowest BCUT2D eigenvalue weighted by Crippen LogP contribution is -2.12. The second kappa shape index (κ2) is 7.21. The summed E-state index contributed by atoms with van der Waals surface area (Å²) in [4.78, 5) is 12.7. The summed E-state index contributed by atoms with van der Waals surface area (Å²) in [5.41, 5.74) is 3.23. The number of hydrogen-bond acceptors (Lipinski definition) is 1. The monoisotopic (exact) mass is 280 g/mol. The van der Waals surface area contributed by atoms with Crippen LogP contribution in [0.3, 0.4) is 0 Å². The van der Waals surface area contributed by atoms with Crippen molar-refractivity contribution in [3.63, 3.8) is 0 Å². The average Bonchev–Trinajstić information content (AvgIpc) is 2.56. The van der Waals surface area contributed by atoms with Gasteiger partial charge in [0.25, 0.3) is 0 Å². The van der Waals surface area contributed by atoms with Crippen molar-refractivity contribution in [2.75, 3.05) is 0 Å². The van der Waals surface area contributed by atoms with Gasteiger partial charge in [0.05, 0.1) is 0 Å². The molecule has 2 unspecified atom stereocenters. The lowest BCUT2D eigenvalue weighted by molar-refractivity contribution is 0.0957. The Balaban J connectivity index is 2.22. The van der Waals surface area contributed by atoms with E-state index in [1.807, 2.05) is 42.5 Å². The molecule has 0 N–H and O–H groups in total. The Morgan fingerprint density at radius 2 is 1.48 bits per heavy atom. The smallest absolute Gasteiger partial charge is 0.170 e. The first-order chi connectivity index (χ1) is 10.2. The van der Waals surface area contributed by atoms with Crippen LogP contribution in [-0.4, -0.2) is 5.78 Å². The molecule has 2 aromatic rings. The molecule has 0 bridgehead atoms. The van der Waals surface area contributed by atoms with Gasteiger partial charge in [-0.15, -0.1) is 0 Å². The van der Waals surface area contributed by atoms with Crippen LogP contribution in [0.15, 0.2) is 54.6 Å². The van der Waals surface area contributed by atoms with E-state index in [1.165, 1.54) is 5.56 Å². The highest BCUT2D eigenvalue weighted by Gasteiger charge is 2.20. The number of hydrogen-bond donors (Lipinski definition) is 0. The van der Waals surface area contributed by atoms with Crippen LogP contribution < -0.4 is 0 Å². The number of carbonyl (C=O) groups excluding carboxylic acids is 1. The molecule has 2 aromatic carbocycles. The van der Waals surface area contributed by atoms with Gasteiger partial charge >= 0.3 is 0 Å². The summed E-state index contributed by atoms with van der Waals surface area (Å²) in [5.74, 6) is 0.727. The average molecular weight is 280 g/mol. The zero-order valence-corrected chi connectivity index (χ0v) is 13.2. The third-order valence-electron chi connectivity index (χ3n) is 4.30. The maximum absolute atomic E-state index is 12.7. The van der Waals surface area contributed by atoms with Gasteiger partial charge in [-0.05, 0) is 29.9 Å². The molecule has 1 heteroatoms. The Hall–Kier alpha value is -1.89. The minimum absolute atomic E-state index is 0.0411. The van der Waals surface area contributed by atoms with E-state index in [9.17, 15) is 4.79 Å². The molecule has 0 spiro atoms. The van der Waals surface area contributed by atoms with E-state index in [2.05, 4.69) is 32.9 Å². The molecule has 21 heavy (non-hydrogen) atoms. The van der Waals surface area contributed by atoms with Gasteiger partial charge in [0.2, 0.25) is 0 Å². The Morgan fingerprint density at radius 3 is 2.00 bits per heavy atom. The summed E-state index contributed by atoms with van der Waals surface area (Å²) in [6, 6.07) is 18.2. The van der Waals surface area contributed by atoms with Crippen LogP contribution in [0.5, 0.6) is 0 Å². The topological polar surface area (TPSA) is 17.1 Å². The first-order valence-corrected chi connectivity index (χ1v) is 7.86. The highest BCUT2D eigenvalue weighted by Crippen LogP contribution is 2.25. The lowest BCUT2D eigenvalue weighted by atomic mass is 9.87. The normalized spacial score (nSPS) is 13.7. The number of Topliss-reactive ketones (excluding diaryl/α,β-unsaturated/α-hetero) is 1. The van der Waals surface area contributed by atoms with E-state index in [0.717, 1.165) is 24.0 Å². The molecule has 0 fully saturated rings. The summed E-state index contributed by atoms with van der Waals surface area (Å²) >= 11 is 0. The predicted molar refractivity (Wildman–Crippen MR) is 89.0 cm³/mol. The first-order valence-electron chi connectivity index (χ1n) is 7.86. The number of rotatable bonds is 6. The number of benzene rings is 2. The third-order valence-corrected chi connectivity index (χ3v) is 4.30. The number of carbonyl (C=O) groups is 1. The van der Waals surface area contributed by atoms with Gasteiger partial charge in [0, 0.05) is 11.5 Å². The molecule has 0 saturated carbocycles. The molecule has 110 valence electrons. The van der Waals surface area contributed by atoms with Crippen LogP contribution in [0.4, 0.5) is 0 Å². The van der Waals surface area contributed by atoms with Crippen LogP contribution in [0, 0.1) is 0 Å². The third kappa shape index (κ3) is 3.60. The SMILES string of the molecule is CCC(C)c1ccc(C(=O)C(CC)c2ccccc2)cc1. The molecule has 0 aliphatic carbocycles. The second-order valence-corrected chi connectivity index (χ2v) is 5.67. The molecular formula is C20H24O. The molecule has 1 nitrogen and oxygen atoms in total. The fraction of sp³-hybridized carbons (Fsp3) is 0.350. The molecular weight excluding hydrogens is 256 g/mol. The van der Waals surface area contributed by atoms with Crippen molar-refractivity contribution in [3.8, 4) is 0 Å². The second-order valence-electron chi connectivity index (χ2n) is 5.67. The van der Waals surface area contributed by atoms with Gasteiger partial charge in [0.15, 0.2) is 5.78 Å². The lowest BCUT2D eigenvalue weighted by Gasteiger charge is -2.15. The molecule has 0 aliphatic heterocycles. The maximum Gasteiger partial charge on any atom is 0.170 e. The van der Waals surface area contributed by atoms with Crippen LogP contribution in [0.1, 0.15) is 66.9 Å². The summed E-state index contributed by atoms with van der Waals surface area (Å²) in [6.07, 6.45) is 1.95. The van der Waals surface area contributed by atoms with Gasteiger partial charge in [-0.3, -0.25) is 4.79 Å². The zero-order chi connectivity index (χ0) is 15.2. The van der Waals surface area contributed by atoms with Crippen molar-refractivity contribution < 1.29 is 4.79 Å². The quantitative estimate of drug-likeness (QED) is 0.631. The van der Waals surface area contributed by atoms with Crippen LogP contribution >= 0.6 is 0 Å². The standard InChI is InChI=1S/C20H24O/c1-4-15(3)16-11-13-18(14-12-16)20(21)19(5-2)17-9-7-6-8-10-17/h6-15,19H,4-5H2,1-3H3.